The smallest absolute Gasteiger partial charge is 0.242 e. The summed E-state index contributed by atoms with van der Waals surface area (Å²) in [5.74, 6) is -0.645. The Morgan fingerprint density at radius 2 is 1.72 bits per heavy atom. The van der Waals surface area contributed by atoms with Crippen molar-refractivity contribution in [1.82, 2.24) is 9.21 Å². The molecule has 0 saturated carbocycles. The van der Waals surface area contributed by atoms with E-state index in [9.17, 15) is 17.6 Å². The number of rotatable bonds is 9. The van der Waals surface area contributed by atoms with Crippen molar-refractivity contribution in [2.45, 2.75) is 24.7 Å². The SMILES string of the molecule is CCN1CCN(c2ccccc2NC(=O)CCCN(C)S(=O)(=O)c2ccc(F)cc2)CC1. The van der Waals surface area contributed by atoms with Crippen LogP contribution in [-0.2, 0) is 14.8 Å². The Bertz CT molecular complexity index is 1010. The predicted octanol–water partition coefficient (Wildman–Crippen LogP) is 3.01. The third kappa shape index (κ3) is 6.05. The number of anilines is 2. The lowest BCUT2D eigenvalue weighted by atomic mass is 10.2. The maximum absolute atomic E-state index is 13.1. The van der Waals surface area contributed by atoms with Gasteiger partial charge in [0.2, 0.25) is 15.9 Å². The van der Waals surface area contributed by atoms with E-state index in [-0.39, 0.29) is 23.8 Å². The molecule has 0 aromatic heterocycles. The fourth-order valence-corrected chi connectivity index (χ4v) is 4.95. The number of hydrogen-bond donors (Lipinski definition) is 1. The number of carbonyl (C=O) groups excluding carboxylic acids is 1. The molecule has 32 heavy (non-hydrogen) atoms. The number of amides is 1. The Hall–Kier alpha value is -2.49. The van der Waals surface area contributed by atoms with Crippen molar-refractivity contribution < 1.29 is 17.6 Å². The van der Waals surface area contributed by atoms with E-state index in [2.05, 4.69) is 22.0 Å². The molecule has 174 valence electrons. The molecule has 1 amide bonds. The minimum atomic E-state index is -3.72. The molecular formula is C23H31FN4O3S. The van der Waals surface area contributed by atoms with E-state index in [0.717, 1.165) is 56.2 Å². The summed E-state index contributed by atoms with van der Waals surface area (Å²) in [5.41, 5.74) is 1.78. The quantitative estimate of drug-likeness (QED) is 0.620. The topological polar surface area (TPSA) is 73.0 Å². The Balaban J connectivity index is 1.53. The van der Waals surface area contributed by atoms with E-state index in [1.54, 1.807) is 0 Å². The highest BCUT2D eigenvalue weighted by atomic mass is 32.2. The minimum Gasteiger partial charge on any atom is -0.367 e. The fourth-order valence-electron chi connectivity index (χ4n) is 3.74. The predicted molar refractivity (Wildman–Crippen MR) is 125 cm³/mol. The van der Waals surface area contributed by atoms with E-state index in [4.69, 9.17) is 0 Å². The summed E-state index contributed by atoms with van der Waals surface area (Å²) in [6.45, 7) is 7.19. The van der Waals surface area contributed by atoms with Crippen molar-refractivity contribution >= 4 is 27.3 Å². The molecule has 1 N–H and O–H groups in total. The van der Waals surface area contributed by atoms with Crippen LogP contribution in [-0.4, -0.2) is 69.8 Å². The van der Waals surface area contributed by atoms with Crippen LogP contribution in [0, 0.1) is 5.82 Å². The number of halogens is 1. The summed E-state index contributed by atoms with van der Waals surface area (Å²) in [4.78, 5) is 17.2. The van der Waals surface area contributed by atoms with Gasteiger partial charge in [0, 0.05) is 46.2 Å². The maximum atomic E-state index is 13.1. The van der Waals surface area contributed by atoms with Crippen LogP contribution in [0.2, 0.25) is 0 Å². The van der Waals surface area contributed by atoms with Gasteiger partial charge in [-0.15, -0.1) is 0 Å². The van der Waals surface area contributed by atoms with Crippen LogP contribution in [0.4, 0.5) is 15.8 Å². The first kappa shape index (κ1) is 24.2. The van der Waals surface area contributed by atoms with Crippen LogP contribution in [0.1, 0.15) is 19.8 Å². The lowest BCUT2D eigenvalue weighted by Gasteiger charge is -2.36. The summed E-state index contributed by atoms with van der Waals surface area (Å²) in [5, 5.41) is 2.98. The van der Waals surface area contributed by atoms with Gasteiger partial charge in [-0.3, -0.25) is 4.79 Å². The van der Waals surface area contributed by atoms with Crippen molar-refractivity contribution in [2.75, 3.05) is 56.5 Å². The van der Waals surface area contributed by atoms with E-state index in [1.165, 1.54) is 23.5 Å². The van der Waals surface area contributed by atoms with Gasteiger partial charge in [0.1, 0.15) is 5.82 Å². The van der Waals surface area contributed by atoms with E-state index in [1.807, 2.05) is 24.3 Å². The Labute approximate surface area is 189 Å². The van der Waals surface area contributed by atoms with Gasteiger partial charge in [0.15, 0.2) is 0 Å². The van der Waals surface area contributed by atoms with Crippen LogP contribution < -0.4 is 10.2 Å². The third-order valence-electron chi connectivity index (χ3n) is 5.74. The molecule has 2 aromatic rings. The van der Waals surface area contributed by atoms with Gasteiger partial charge in [-0.05, 0) is 49.4 Å². The van der Waals surface area contributed by atoms with E-state index < -0.39 is 15.8 Å². The van der Waals surface area contributed by atoms with Crippen molar-refractivity contribution in [3.63, 3.8) is 0 Å². The largest absolute Gasteiger partial charge is 0.367 e. The van der Waals surface area contributed by atoms with Crippen molar-refractivity contribution in [2.24, 2.45) is 0 Å². The van der Waals surface area contributed by atoms with Crippen LogP contribution >= 0.6 is 0 Å². The first-order chi connectivity index (χ1) is 15.3. The second-order valence-corrected chi connectivity index (χ2v) is 9.92. The molecule has 0 radical (unpaired) electrons. The maximum Gasteiger partial charge on any atom is 0.242 e. The number of benzene rings is 2. The van der Waals surface area contributed by atoms with Crippen molar-refractivity contribution in [3.05, 3.63) is 54.3 Å². The molecule has 0 spiro atoms. The van der Waals surface area contributed by atoms with Gasteiger partial charge in [-0.2, -0.15) is 0 Å². The zero-order chi connectivity index (χ0) is 23.1. The molecule has 1 saturated heterocycles. The molecule has 1 fully saturated rings. The Morgan fingerprint density at radius 1 is 1.06 bits per heavy atom. The second kappa shape index (κ2) is 10.9. The van der Waals surface area contributed by atoms with Gasteiger partial charge in [-0.25, -0.2) is 17.1 Å². The lowest BCUT2D eigenvalue weighted by Crippen LogP contribution is -2.46. The van der Waals surface area contributed by atoms with Crippen LogP contribution in [0.5, 0.6) is 0 Å². The summed E-state index contributed by atoms with van der Waals surface area (Å²) >= 11 is 0. The average molecular weight is 463 g/mol. The van der Waals surface area contributed by atoms with Crippen LogP contribution in [0.15, 0.2) is 53.4 Å². The Kier molecular flexibility index (Phi) is 8.22. The molecule has 0 unspecified atom stereocenters. The summed E-state index contributed by atoms with van der Waals surface area (Å²) in [6, 6.07) is 12.5. The lowest BCUT2D eigenvalue weighted by molar-refractivity contribution is -0.116. The zero-order valence-electron chi connectivity index (χ0n) is 18.6. The number of para-hydroxylation sites is 2. The molecule has 1 aliphatic heterocycles. The molecule has 1 heterocycles. The standard InChI is InChI=1S/C23H31FN4O3S/c1-3-27-15-17-28(18-16-27)22-8-5-4-7-21(22)25-23(29)9-6-14-26(2)32(30,31)20-12-10-19(24)11-13-20/h4-5,7-8,10-13H,3,6,9,14-18H2,1-2H3,(H,25,29). The molecule has 1 aliphatic rings. The number of sulfonamides is 1. The third-order valence-corrected chi connectivity index (χ3v) is 7.61. The van der Waals surface area contributed by atoms with Crippen molar-refractivity contribution in [1.29, 1.82) is 0 Å². The van der Waals surface area contributed by atoms with Crippen LogP contribution in [0.25, 0.3) is 0 Å². The minimum absolute atomic E-state index is 0.0305. The van der Waals surface area contributed by atoms with E-state index >= 15 is 0 Å². The summed E-state index contributed by atoms with van der Waals surface area (Å²) in [7, 11) is -2.26. The van der Waals surface area contributed by atoms with Gasteiger partial charge >= 0.3 is 0 Å². The van der Waals surface area contributed by atoms with Gasteiger partial charge in [0.25, 0.3) is 0 Å². The number of nitrogens with one attached hydrogen (secondary N) is 1. The number of nitrogens with zero attached hydrogens (tertiary/aromatic N) is 3. The first-order valence-electron chi connectivity index (χ1n) is 10.9. The molecule has 0 atom stereocenters. The van der Waals surface area contributed by atoms with Crippen LogP contribution in [0.3, 0.4) is 0 Å². The monoisotopic (exact) mass is 462 g/mol. The van der Waals surface area contributed by atoms with E-state index in [0.29, 0.717) is 6.42 Å². The highest BCUT2D eigenvalue weighted by Crippen LogP contribution is 2.27. The van der Waals surface area contributed by atoms with Gasteiger partial charge in [-0.1, -0.05) is 19.1 Å². The second-order valence-electron chi connectivity index (χ2n) is 7.87. The average Bonchev–Trinajstić information content (AvgIpc) is 2.79. The summed E-state index contributed by atoms with van der Waals surface area (Å²) in [6.07, 6.45) is 0.571. The number of piperazine rings is 1. The molecule has 0 aliphatic carbocycles. The van der Waals surface area contributed by atoms with Crippen molar-refractivity contribution in [3.8, 4) is 0 Å². The Morgan fingerprint density at radius 3 is 2.38 bits per heavy atom. The van der Waals surface area contributed by atoms with Gasteiger partial charge < -0.3 is 15.1 Å². The number of hydrogen-bond acceptors (Lipinski definition) is 5. The number of likely N-dealkylation sites (N-methyl/N-ethyl adjacent to an activating group) is 1. The molecule has 9 heteroatoms. The molecule has 3 rings (SSSR count). The normalized spacial score (nSPS) is 15.2. The first-order valence-corrected chi connectivity index (χ1v) is 12.3. The zero-order valence-corrected chi connectivity index (χ0v) is 19.4. The molecular weight excluding hydrogens is 431 g/mol. The highest BCUT2D eigenvalue weighted by molar-refractivity contribution is 7.89. The van der Waals surface area contributed by atoms with Gasteiger partial charge in [0.05, 0.1) is 16.3 Å². The highest BCUT2D eigenvalue weighted by Gasteiger charge is 2.21. The molecule has 2 aromatic carbocycles. The number of carbonyl (C=O) groups is 1. The fraction of sp³-hybridized carbons (Fsp3) is 0.435. The molecule has 0 bridgehead atoms. The molecule has 7 nitrogen and oxygen atoms in total. The summed E-state index contributed by atoms with van der Waals surface area (Å²) < 4.78 is 39.4.